The smallest absolute Gasteiger partial charge is 0.323 e. The Morgan fingerprint density at radius 3 is 2.53 bits per heavy atom. The fraction of sp³-hybridized carbons (Fsp3) is 0.375. The lowest BCUT2D eigenvalue weighted by Crippen LogP contribution is -2.53. The minimum Gasteiger partial charge on any atom is -0.490 e. The maximum absolute atomic E-state index is 13.3. The highest BCUT2D eigenvalue weighted by atomic mass is 35.5. The van der Waals surface area contributed by atoms with Gasteiger partial charge in [-0.05, 0) is 55.3 Å². The number of fused-ring (bicyclic) bond motifs is 2. The van der Waals surface area contributed by atoms with E-state index < -0.39 is 6.03 Å². The van der Waals surface area contributed by atoms with Crippen molar-refractivity contribution in [1.29, 1.82) is 0 Å². The molecule has 9 nitrogen and oxygen atoms in total. The minimum absolute atomic E-state index is 0.0786. The Morgan fingerprint density at radius 2 is 1.79 bits per heavy atom. The van der Waals surface area contributed by atoms with E-state index in [4.69, 9.17) is 21.1 Å². The van der Waals surface area contributed by atoms with Crippen LogP contribution in [-0.2, 0) is 9.53 Å². The van der Waals surface area contributed by atoms with Crippen molar-refractivity contribution < 1.29 is 23.9 Å². The van der Waals surface area contributed by atoms with Gasteiger partial charge in [0.1, 0.15) is 18.5 Å². The van der Waals surface area contributed by atoms with Gasteiger partial charge in [0.25, 0.3) is 5.91 Å². The maximum atomic E-state index is 13.3. The largest absolute Gasteiger partial charge is 0.490 e. The van der Waals surface area contributed by atoms with Crippen molar-refractivity contribution in [3.8, 4) is 5.75 Å². The normalized spacial score (nSPS) is 21.8. The molecule has 0 aliphatic carbocycles. The van der Waals surface area contributed by atoms with Crippen LogP contribution in [0.1, 0.15) is 29.6 Å². The number of hydrogen-bond acceptors (Lipinski definition) is 5. The van der Waals surface area contributed by atoms with Crippen molar-refractivity contribution >= 4 is 40.8 Å². The molecule has 1 saturated heterocycles. The number of hydrogen-bond donors (Lipinski definition) is 3. The molecule has 0 saturated carbocycles. The Bertz CT molecular complexity index is 1080. The number of benzene rings is 2. The average Bonchev–Trinajstić information content (AvgIpc) is 2.83. The number of urea groups is 1. The SMILES string of the molecule is CNC(=O)C[C@H]1CC[C@H]2[C@H](COc3ccc(NC(=O)Nc4ccc(Cl)cc4)cc3C(=O)N2C)O1. The molecule has 2 aliphatic rings. The number of rotatable bonds is 4. The highest BCUT2D eigenvalue weighted by Crippen LogP contribution is 2.32. The van der Waals surface area contributed by atoms with E-state index in [-0.39, 0.29) is 43.1 Å². The van der Waals surface area contributed by atoms with E-state index in [0.29, 0.717) is 40.6 Å². The van der Waals surface area contributed by atoms with Crippen molar-refractivity contribution in [2.75, 3.05) is 31.3 Å². The Hall–Kier alpha value is -3.30. The zero-order valence-electron chi connectivity index (χ0n) is 19.0. The van der Waals surface area contributed by atoms with Crippen molar-refractivity contribution in [2.45, 2.75) is 37.5 Å². The van der Waals surface area contributed by atoms with Gasteiger partial charge in [0, 0.05) is 30.5 Å². The molecule has 34 heavy (non-hydrogen) atoms. The van der Waals surface area contributed by atoms with E-state index in [1.165, 1.54) is 0 Å². The quantitative estimate of drug-likeness (QED) is 0.613. The molecule has 2 aliphatic heterocycles. The average molecular weight is 487 g/mol. The summed E-state index contributed by atoms with van der Waals surface area (Å²) in [4.78, 5) is 39.1. The van der Waals surface area contributed by atoms with Gasteiger partial charge in [-0.25, -0.2) is 4.79 Å². The Labute approximate surface area is 202 Å². The molecule has 2 aromatic rings. The van der Waals surface area contributed by atoms with Gasteiger partial charge < -0.3 is 30.3 Å². The second-order valence-corrected chi connectivity index (χ2v) is 8.78. The van der Waals surface area contributed by atoms with E-state index in [9.17, 15) is 14.4 Å². The summed E-state index contributed by atoms with van der Waals surface area (Å²) in [5, 5.41) is 8.65. The van der Waals surface area contributed by atoms with E-state index >= 15 is 0 Å². The lowest BCUT2D eigenvalue weighted by molar-refractivity contribution is -0.133. The third kappa shape index (κ3) is 5.43. The molecule has 4 rings (SSSR count). The molecule has 0 unspecified atom stereocenters. The number of carbonyl (C=O) groups is 3. The summed E-state index contributed by atoms with van der Waals surface area (Å²) in [5.74, 6) is 0.112. The Morgan fingerprint density at radius 1 is 1.09 bits per heavy atom. The van der Waals surface area contributed by atoms with Gasteiger partial charge >= 0.3 is 6.03 Å². The molecule has 3 N–H and O–H groups in total. The molecule has 4 amide bonds. The summed E-state index contributed by atoms with van der Waals surface area (Å²) >= 11 is 5.87. The van der Waals surface area contributed by atoms with Gasteiger partial charge in [-0.2, -0.15) is 0 Å². The second-order valence-electron chi connectivity index (χ2n) is 8.34. The topological polar surface area (TPSA) is 109 Å². The first-order valence-electron chi connectivity index (χ1n) is 11.1. The first-order valence-corrected chi connectivity index (χ1v) is 11.5. The van der Waals surface area contributed by atoms with Gasteiger partial charge in [-0.15, -0.1) is 0 Å². The highest BCUT2D eigenvalue weighted by Gasteiger charge is 2.39. The van der Waals surface area contributed by atoms with Crippen LogP contribution in [0.25, 0.3) is 0 Å². The van der Waals surface area contributed by atoms with Crippen LogP contribution >= 0.6 is 11.6 Å². The van der Waals surface area contributed by atoms with Gasteiger partial charge in [0.15, 0.2) is 0 Å². The summed E-state index contributed by atoms with van der Waals surface area (Å²) in [5.41, 5.74) is 1.40. The summed E-state index contributed by atoms with van der Waals surface area (Å²) < 4.78 is 12.1. The van der Waals surface area contributed by atoms with E-state index in [1.54, 1.807) is 61.5 Å². The number of anilines is 2. The van der Waals surface area contributed by atoms with Crippen LogP contribution in [-0.4, -0.2) is 61.7 Å². The van der Waals surface area contributed by atoms with E-state index in [2.05, 4.69) is 16.0 Å². The van der Waals surface area contributed by atoms with Gasteiger partial charge in [0.2, 0.25) is 5.91 Å². The molecule has 0 aromatic heterocycles. The second kappa shape index (κ2) is 10.3. The molecular weight excluding hydrogens is 460 g/mol. The standard InChI is InChI=1S/C24H27ClN4O5/c1-26-22(30)12-17-8-9-19-21(34-17)13-33-20-10-7-16(11-18(20)23(31)29(19)2)28-24(32)27-15-5-3-14(25)4-6-15/h3-7,10-11,17,19,21H,8-9,12-13H2,1-2H3,(H,26,30)(H2,27,28,32)/t17-,19+,21+/m1/s1. The summed E-state index contributed by atoms with van der Waals surface area (Å²) in [6.07, 6.45) is 1.10. The zero-order valence-corrected chi connectivity index (χ0v) is 19.7. The minimum atomic E-state index is -0.447. The number of nitrogens with zero attached hydrogens (tertiary/aromatic N) is 1. The van der Waals surface area contributed by atoms with Crippen molar-refractivity contribution in [2.24, 2.45) is 0 Å². The van der Waals surface area contributed by atoms with Crippen LogP contribution in [0.15, 0.2) is 42.5 Å². The van der Waals surface area contributed by atoms with Crippen molar-refractivity contribution in [1.82, 2.24) is 10.2 Å². The molecule has 3 atom stereocenters. The van der Waals surface area contributed by atoms with E-state index in [1.807, 2.05) is 0 Å². The van der Waals surface area contributed by atoms with E-state index in [0.717, 1.165) is 0 Å². The van der Waals surface area contributed by atoms with Crippen LogP contribution in [0.4, 0.5) is 16.2 Å². The number of nitrogens with one attached hydrogen (secondary N) is 3. The third-order valence-electron chi connectivity index (χ3n) is 6.06. The van der Waals surface area contributed by atoms with Gasteiger partial charge in [-0.3, -0.25) is 9.59 Å². The third-order valence-corrected chi connectivity index (χ3v) is 6.32. The molecule has 180 valence electrons. The van der Waals surface area contributed by atoms with Crippen molar-refractivity contribution in [3.63, 3.8) is 0 Å². The first-order chi connectivity index (χ1) is 16.3. The summed E-state index contributed by atoms with van der Waals surface area (Å²) in [7, 11) is 3.34. The number of ether oxygens (including phenoxy) is 2. The molecule has 0 spiro atoms. The highest BCUT2D eigenvalue weighted by molar-refractivity contribution is 6.30. The number of carbonyl (C=O) groups excluding carboxylic acids is 3. The first kappa shape index (κ1) is 23.8. The van der Waals surface area contributed by atoms with Gasteiger partial charge in [0.05, 0.1) is 24.1 Å². The molecular formula is C24H27ClN4O5. The van der Waals surface area contributed by atoms with Crippen LogP contribution in [0.5, 0.6) is 5.75 Å². The van der Waals surface area contributed by atoms with Gasteiger partial charge in [-0.1, -0.05) is 11.6 Å². The predicted octanol–water partition coefficient (Wildman–Crippen LogP) is 3.50. The fourth-order valence-corrected chi connectivity index (χ4v) is 4.37. The summed E-state index contributed by atoms with van der Waals surface area (Å²) in [6, 6.07) is 11.0. The van der Waals surface area contributed by atoms with Crippen LogP contribution < -0.4 is 20.7 Å². The Balaban J connectivity index is 1.46. The number of amides is 4. The molecule has 10 heteroatoms. The zero-order chi connectivity index (χ0) is 24.2. The predicted molar refractivity (Wildman–Crippen MR) is 128 cm³/mol. The number of halogens is 1. The lowest BCUT2D eigenvalue weighted by Gasteiger charge is -2.42. The summed E-state index contributed by atoms with van der Waals surface area (Å²) in [6.45, 7) is 0.253. The van der Waals surface area contributed by atoms with Crippen LogP contribution in [0.3, 0.4) is 0 Å². The molecule has 2 heterocycles. The lowest BCUT2D eigenvalue weighted by atomic mass is 9.94. The maximum Gasteiger partial charge on any atom is 0.323 e. The molecule has 0 radical (unpaired) electrons. The Kier molecular flexibility index (Phi) is 7.23. The van der Waals surface area contributed by atoms with Crippen molar-refractivity contribution in [3.05, 3.63) is 53.1 Å². The van der Waals surface area contributed by atoms with Crippen LogP contribution in [0, 0.1) is 0 Å². The monoisotopic (exact) mass is 486 g/mol. The van der Waals surface area contributed by atoms with Crippen LogP contribution in [0.2, 0.25) is 5.02 Å². The number of likely N-dealkylation sites (N-methyl/N-ethyl adjacent to an activating group) is 1. The molecule has 0 bridgehead atoms. The molecule has 1 fully saturated rings. The fourth-order valence-electron chi connectivity index (χ4n) is 4.24. The molecule has 2 aromatic carbocycles.